The van der Waals surface area contributed by atoms with Crippen molar-refractivity contribution < 1.29 is 14.3 Å². The van der Waals surface area contributed by atoms with Crippen LogP contribution in [-0.4, -0.2) is 35.7 Å². The summed E-state index contributed by atoms with van der Waals surface area (Å²) in [7, 11) is 1.58. The Morgan fingerprint density at radius 2 is 1.74 bits per heavy atom. The van der Waals surface area contributed by atoms with Crippen LogP contribution in [0.5, 0.6) is 5.75 Å². The minimum absolute atomic E-state index is 0.156. The Bertz CT molecular complexity index is 1010. The molecule has 1 heterocycles. The average molecular weight is 439 g/mol. The van der Waals surface area contributed by atoms with E-state index >= 15 is 0 Å². The second-order valence-electron chi connectivity index (χ2n) is 7.33. The lowest BCUT2D eigenvalue weighted by Gasteiger charge is -2.06. The number of ether oxygens (including phenoxy) is 1. The number of carbonyl (C=O) groups excluding carboxylic acids is 2. The molecule has 3 rings (SSSR count). The highest BCUT2D eigenvalue weighted by atomic mass is 32.1. The third kappa shape index (κ3) is 6.36. The van der Waals surface area contributed by atoms with E-state index in [4.69, 9.17) is 4.74 Å². The van der Waals surface area contributed by atoms with E-state index in [9.17, 15) is 9.59 Å². The molecular formula is C23H26N4O3S. The van der Waals surface area contributed by atoms with Crippen LogP contribution in [0.4, 0.5) is 5.13 Å². The lowest BCUT2D eigenvalue weighted by atomic mass is 10.0. The van der Waals surface area contributed by atoms with Crippen molar-refractivity contribution in [1.82, 2.24) is 15.5 Å². The maximum absolute atomic E-state index is 12.2. The fraction of sp³-hybridized carbons (Fsp3) is 0.304. The lowest BCUT2D eigenvalue weighted by Crippen LogP contribution is -2.25. The minimum Gasteiger partial charge on any atom is -0.497 e. The molecule has 0 saturated heterocycles. The van der Waals surface area contributed by atoms with Crippen molar-refractivity contribution >= 4 is 28.3 Å². The summed E-state index contributed by atoms with van der Waals surface area (Å²) in [6, 6.07) is 15.1. The molecule has 0 radical (unpaired) electrons. The maximum atomic E-state index is 12.2. The van der Waals surface area contributed by atoms with Crippen LogP contribution in [-0.2, 0) is 4.79 Å². The van der Waals surface area contributed by atoms with Gasteiger partial charge in [0.05, 0.1) is 7.11 Å². The first-order valence-corrected chi connectivity index (χ1v) is 10.9. The van der Waals surface area contributed by atoms with E-state index in [1.54, 1.807) is 31.4 Å². The van der Waals surface area contributed by atoms with Crippen molar-refractivity contribution in [3.8, 4) is 16.3 Å². The Kier molecular flexibility index (Phi) is 7.72. The highest BCUT2D eigenvalue weighted by Gasteiger charge is 2.11. The number of benzene rings is 2. The van der Waals surface area contributed by atoms with Crippen molar-refractivity contribution in [2.45, 2.75) is 32.6 Å². The molecule has 0 spiro atoms. The topological polar surface area (TPSA) is 93.2 Å². The zero-order chi connectivity index (χ0) is 22.2. The molecule has 0 saturated carbocycles. The summed E-state index contributed by atoms with van der Waals surface area (Å²) in [5.74, 6) is 0.830. The normalized spacial score (nSPS) is 10.7. The minimum atomic E-state index is -0.180. The summed E-state index contributed by atoms with van der Waals surface area (Å²) < 4.78 is 5.08. The third-order valence-corrected chi connectivity index (χ3v) is 5.60. The SMILES string of the molecule is COc1ccc(C(=O)NCCCC(=O)Nc2nnc(-c3ccc(C(C)C)cc3)s2)cc1. The largest absolute Gasteiger partial charge is 0.497 e. The smallest absolute Gasteiger partial charge is 0.251 e. The zero-order valence-corrected chi connectivity index (χ0v) is 18.7. The molecule has 3 aromatic rings. The Balaban J connectivity index is 1.42. The van der Waals surface area contributed by atoms with E-state index in [0.717, 1.165) is 10.6 Å². The quantitative estimate of drug-likeness (QED) is 0.480. The summed E-state index contributed by atoms with van der Waals surface area (Å²) in [6.45, 7) is 4.71. The van der Waals surface area contributed by atoms with E-state index in [2.05, 4.69) is 46.8 Å². The molecule has 2 N–H and O–H groups in total. The van der Waals surface area contributed by atoms with Crippen LogP contribution in [0.3, 0.4) is 0 Å². The number of methoxy groups -OCH3 is 1. The second kappa shape index (κ2) is 10.7. The number of hydrogen-bond donors (Lipinski definition) is 2. The van der Waals surface area contributed by atoms with Crippen LogP contribution in [0.25, 0.3) is 10.6 Å². The molecule has 0 aliphatic rings. The Labute approximate surface area is 185 Å². The van der Waals surface area contributed by atoms with Gasteiger partial charge in [0.15, 0.2) is 0 Å². The Hall–Kier alpha value is -3.26. The Morgan fingerprint density at radius 3 is 2.39 bits per heavy atom. The number of nitrogens with one attached hydrogen (secondary N) is 2. The van der Waals surface area contributed by atoms with Gasteiger partial charge in [-0.1, -0.05) is 49.4 Å². The molecule has 0 aliphatic heterocycles. The van der Waals surface area contributed by atoms with Gasteiger partial charge in [-0.05, 0) is 42.2 Å². The van der Waals surface area contributed by atoms with Crippen molar-refractivity contribution in [1.29, 1.82) is 0 Å². The number of carbonyl (C=O) groups is 2. The van der Waals surface area contributed by atoms with E-state index in [-0.39, 0.29) is 18.2 Å². The number of anilines is 1. The fourth-order valence-electron chi connectivity index (χ4n) is 2.88. The second-order valence-corrected chi connectivity index (χ2v) is 8.30. The van der Waals surface area contributed by atoms with Gasteiger partial charge in [0.1, 0.15) is 10.8 Å². The van der Waals surface area contributed by atoms with Crippen LogP contribution >= 0.6 is 11.3 Å². The van der Waals surface area contributed by atoms with Gasteiger partial charge in [-0.25, -0.2) is 0 Å². The van der Waals surface area contributed by atoms with Gasteiger partial charge in [0.25, 0.3) is 5.91 Å². The van der Waals surface area contributed by atoms with E-state index < -0.39 is 0 Å². The molecule has 7 nitrogen and oxygen atoms in total. The van der Waals surface area contributed by atoms with Crippen molar-refractivity contribution in [2.24, 2.45) is 0 Å². The number of aromatic nitrogens is 2. The van der Waals surface area contributed by atoms with Crippen molar-refractivity contribution in [3.05, 3.63) is 59.7 Å². The molecule has 2 amide bonds. The molecular weight excluding hydrogens is 412 g/mol. The molecule has 0 aliphatic carbocycles. The van der Waals surface area contributed by atoms with E-state index in [0.29, 0.717) is 35.3 Å². The molecule has 0 unspecified atom stereocenters. The first-order valence-electron chi connectivity index (χ1n) is 10.1. The number of nitrogens with zero attached hydrogens (tertiary/aromatic N) is 2. The summed E-state index contributed by atoms with van der Waals surface area (Å²) in [5, 5.41) is 15.0. The monoisotopic (exact) mass is 438 g/mol. The number of amides is 2. The summed E-state index contributed by atoms with van der Waals surface area (Å²) in [4.78, 5) is 24.3. The average Bonchev–Trinajstić information content (AvgIpc) is 3.25. The predicted molar refractivity (Wildman–Crippen MR) is 123 cm³/mol. The summed E-state index contributed by atoms with van der Waals surface area (Å²) >= 11 is 1.34. The maximum Gasteiger partial charge on any atom is 0.251 e. The highest BCUT2D eigenvalue weighted by molar-refractivity contribution is 7.18. The molecule has 0 atom stereocenters. The van der Waals surface area contributed by atoms with Gasteiger partial charge in [0, 0.05) is 24.1 Å². The Morgan fingerprint density at radius 1 is 1.03 bits per heavy atom. The van der Waals surface area contributed by atoms with Gasteiger partial charge >= 0.3 is 0 Å². The lowest BCUT2D eigenvalue weighted by molar-refractivity contribution is -0.116. The molecule has 0 fully saturated rings. The van der Waals surface area contributed by atoms with E-state index in [1.165, 1.54) is 16.9 Å². The standard InChI is InChI=1S/C23H26N4O3S/c1-15(2)16-6-8-18(9-7-16)22-26-27-23(31-22)25-20(28)5-4-14-24-21(29)17-10-12-19(30-3)13-11-17/h6-13,15H,4-5,14H2,1-3H3,(H,24,29)(H,25,27,28). The van der Waals surface area contributed by atoms with Gasteiger partial charge in [0.2, 0.25) is 11.0 Å². The van der Waals surface area contributed by atoms with Crippen LogP contribution in [0.1, 0.15) is 48.5 Å². The van der Waals surface area contributed by atoms with Gasteiger partial charge in [-0.3, -0.25) is 9.59 Å². The van der Waals surface area contributed by atoms with Crippen LogP contribution in [0.15, 0.2) is 48.5 Å². The number of hydrogen-bond acceptors (Lipinski definition) is 6. The van der Waals surface area contributed by atoms with Crippen LogP contribution in [0.2, 0.25) is 0 Å². The van der Waals surface area contributed by atoms with Crippen LogP contribution in [0, 0.1) is 0 Å². The molecule has 31 heavy (non-hydrogen) atoms. The number of rotatable bonds is 9. The first kappa shape index (κ1) is 22.4. The van der Waals surface area contributed by atoms with Crippen molar-refractivity contribution in [2.75, 3.05) is 19.0 Å². The molecule has 8 heteroatoms. The molecule has 162 valence electrons. The zero-order valence-electron chi connectivity index (χ0n) is 17.8. The first-order chi connectivity index (χ1) is 15.0. The van der Waals surface area contributed by atoms with Crippen molar-refractivity contribution in [3.63, 3.8) is 0 Å². The predicted octanol–water partition coefficient (Wildman–Crippen LogP) is 4.49. The van der Waals surface area contributed by atoms with Crippen LogP contribution < -0.4 is 15.4 Å². The van der Waals surface area contributed by atoms with Gasteiger partial charge in [-0.2, -0.15) is 0 Å². The highest BCUT2D eigenvalue weighted by Crippen LogP contribution is 2.27. The third-order valence-electron chi connectivity index (χ3n) is 4.71. The van der Waals surface area contributed by atoms with E-state index in [1.807, 2.05) is 12.1 Å². The summed E-state index contributed by atoms with van der Waals surface area (Å²) in [5.41, 5.74) is 2.79. The van der Waals surface area contributed by atoms with Gasteiger partial charge in [-0.15, -0.1) is 10.2 Å². The molecule has 0 bridgehead atoms. The molecule has 2 aromatic carbocycles. The summed E-state index contributed by atoms with van der Waals surface area (Å²) in [6.07, 6.45) is 0.803. The fourth-order valence-corrected chi connectivity index (χ4v) is 3.64. The van der Waals surface area contributed by atoms with Gasteiger partial charge < -0.3 is 15.4 Å². The molecule has 1 aromatic heterocycles.